The fraction of sp³-hybridized carbons (Fsp3) is 0.444. The van der Waals surface area contributed by atoms with Gasteiger partial charge in [0.1, 0.15) is 0 Å². The third-order valence-electron chi connectivity index (χ3n) is 3.55. The maximum Gasteiger partial charge on any atom is -0.00620 e. The van der Waals surface area contributed by atoms with Crippen LogP contribution in [-0.4, -0.2) is 0 Å². The molecule has 0 N–H and O–H groups in total. The van der Waals surface area contributed by atoms with E-state index in [-0.39, 0.29) is 0 Å². The third kappa shape index (κ3) is 4.20. The number of rotatable bonds is 6. The number of benzene rings is 1. The van der Waals surface area contributed by atoms with E-state index in [1.165, 1.54) is 14.7 Å². The Morgan fingerprint density at radius 2 is 1.37 bits per heavy atom. The van der Waals surface area contributed by atoms with Crippen LogP contribution in [0.4, 0.5) is 0 Å². The van der Waals surface area contributed by atoms with E-state index >= 15 is 0 Å². The predicted octanol–water partition coefficient (Wildman–Crippen LogP) is 6.77. The second-order valence-corrected chi connectivity index (χ2v) is 5.92. The molecule has 19 heavy (non-hydrogen) atoms. The maximum absolute atomic E-state index is 2.52. The molecule has 0 aliphatic carbocycles. The zero-order valence-corrected chi connectivity index (χ0v) is 14.8. The molecule has 0 spiro atoms. The first-order valence-corrected chi connectivity index (χ1v) is 8.42. The molecule has 0 aliphatic heterocycles. The number of hydrogen-bond acceptors (Lipinski definition) is 0. The van der Waals surface area contributed by atoms with Crippen LogP contribution in [-0.2, 0) is 0 Å². The molecule has 1 aromatic carbocycles. The fourth-order valence-electron chi connectivity index (χ4n) is 2.62. The minimum Gasteiger partial charge on any atom is -0.0622 e. The van der Waals surface area contributed by atoms with Gasteiger partial charge >= 0.3 is 0 Å². The molecular weight excluding hydrogens is 343 g/mol. The maximum atomic E-state index is 2.52. The second-order valence-electron chi connectivity index (χ2n) is 4.62. The van der Waals surface area contributed by atoms with Gasteiger partial charge in [0, 0.05) is 0 Å². The van der Waals surface area contributed by atoms with Crippen molar-refractivity contribution in [3.8, 4) is 0 Å². The molecule has 0 saturated carbocycles. The van der Waals surface area contributed by atoms with Gasteiger partial charge in [-0.05, 0) is 74.1 Å². The minimum absolute atomic E-state index is 1.10. The molecule has 0 saturated heterocycles. The molecule has 0 fully saturated rings. The van der Waals surface area contributed by atoms with Crippen molar-refractivity contribution in [3.05, 3.63) is 50.6 Å². The molecular formula is C18H25I. The number of allylic oxidation sites excluding steroid dienone is 4. The highest BCUT2D eigenvalue weighted by molar-refractivity contribution is 14.1. The lowest BCUT2D eigenvalue weighted by atomic mass is 9.89. The molecule has 0 aromatic heterocycles. The first kappa shape index (κ1) is 16.5. The topological polar surface area (TPSA) is 0 Å². The molecule has 1 rings (SSSR count). The summed E-state index contributed by atoms with van der Waals surface area (Å²) in [6, 6.07) is 10.8. The van der Waals surface area contributed by atoms with Crippen molar-refractivity contribution >= 4 is 28.2 Å². The SMILES string of the molecule is CC/C(I)=C(CC)/C(CC)=C(/CC)c1ccccc1. The van der Waals surface area contributed by atoms with Crippen molar-refractivity contribution in [3.63, 3.8) is 0 Å². The van der Waals surface area contributed by atoms with E-state index in [1.807, 2.05) is 0 Å². The van der Waals surface area contributed by atoms with Gasteiger partial charge in [0.15, 0.2) is 0 Å². The average Bonchev–Trinajstić information content (AvgIpc) is 2.47. The van der Waals surface area contributed by atoms with E-state index in [0.717, 1.165) is 25.7 Å². The van der Waals surface area contributed by atoms with Crippen molar-refractivity contribution in [2.75, 3.05) is 0 Å². The van der Waals surface area contributed by atoms with Gasteiger partial charge < -0.3 is 0 Å². The second kappa shape index (κ2) is 8.57. The first-order valence-electron chi connectivity index (χ1n) is 7.34. The summed E-state index contributed by atoms with van der Waals surface area (Å²) in [5.74, 6) is 0. The van der Waals surface area contributed by atoms with Gasteiger partial charge in [-0.15, -0.1) is 0 Å². The van der Waals surface area contributed by atoms with Crippen molar-refractivity contribution in [2.24, 2.45) is 0 Å². The predicted molar refractivity (Wildman–Crippen MR) is 95.6 cm³/mol. The molecule has 0 unspecified atom stereocenters. The smallest absolute Gasteiger partial charge is 0.00620 e. The van der Waals surface area contributed by atoms with Crippen LogP contribution in [0.25, 0.3) is 5.57 Å². The summed E-state index contributed by atoms with van der Waals surface area (Å²) in [5.41, 5.74) is 6.02. The van der Waals surface area contributed by atoms with E-state index in [9.17, 15) is 0 Å². The highest BCUT2D eigenvalue weighted by Gasteiger charge is 2.12. The molecule has 0 atom stereocenters. The van der Waals surface area contributed by atoms with Crippen LogP contribution < -0.4 is 0 Å². The van der Waals surface area contributed by atoms with E-state index in [2.05, 4.69) is 80.6 Å². The monoisotopic (exact) mass is 368 g/mol. The highest BCUT2D eigenvalue weighted by atomic mass is 127. The molecule has 1 aromatic rings. The Morgan fingerprint density at radius 1 is 0.789 bits per heavy atom. The van der Waals surface area contributed by atoms with E-state index in [1.54, 1.807) is 11.1 Å². The van der Waals surface area contributed by atoms with Crippen LogP contribution >= 0.6 is 22.6 Å². The fourth-order valence-corrected chi connectivity index (χ4v) is 3.33. The van der Waals surface area contributed by atoms with E-state index < -0.39 is 0 Å². The molecule has 0 radical (unpaired) electrons. The third-order valence-corrected chi connectivity index (χ3v) is 4.96. The molecule has 0 amide bonds. The quantitative estimate of drug-likeness (QED) is 0.384. The van der Waals surface area contributed by atoms with Crippen molar-refractivity contribution in [1.29, 1.82) is 0 Å². The summed E-state index contributed by atoms with van der Waals surface area (Å²) in [4.78, 5) is 0. The van der Waals surface area contributed by atoms with Crippen LogP contribution in [0.2, 0.25) is 0 Å². The molecule has 0 heterocycles. The van der Waals surface area contributed by atoms with Gasteiger partial charge in [-0.25, -0.2) is 0 Å². The summed E-state index contributed by atoms with van der Waals surface area (Å²) in [6.07, 6.45) is 4.49. The van der Waals surface area contributed by atoms with Gasteiger partial charge in [0.05, 0.1) is 0 Å². The first-order chi connectivity index (χ1) is 9.19. The van der Waals surface area contributed by atoms with Gasteiger partial charge in [-0.3, -0.25) is 0 Å². The van der Waals surface area contributed by atoms with Gasteiger partial charge in [0.2, 0.25) is 0 Å². The van der Waals surface area contributed by atoms with Gasteiger partial charge in [-0.2, -0.15) is 0 Å². The lowest BCUT2D eigenvalue weighted by Crippen LogP contribution is -1.97. The zero-order valence-electron chi connectivity index (χ0n) is 12.6. The largest absolute Gasteiger partial charge is 0.0622 e. The van der Waals surface area contributed by atoms with Crippen LogP contribution in [0, 0.1) is 0 Å². The van der Waals surface area contributed by atoms with Gasteiger partial charge in [-0.1, -0.05) is 58.0 Å². The van der Waals surface area contributed by atoms with E-state index in [0.29, 0.717) is 0 Å². The Labute approximate surface area is 132 Å². The molecule has 0 bridgehead atoms. The zero-order chi connectivity index (χ0) is 14.3. The van der Waals surface area contributed by atoms with E-state index in [4.69, 9.17) is 0 Å². The Kier molecular flexibility index (Phi) is 7.44. The molecule has 0 aliphatic rings. The van der Waals surface area contributed by atoms with Crippen LogP contribution in [0.5, 0.6) is 0 Å². The van der Waals surface area contributed by atoms with Crippen LogP contribution in [0.1, 0.15) is 58.9 Å². The summed E-state index contributed by atoms with van der Waals surface area (Å²) < 4.78 is 1.51. The summed E-state index contributed by atoms with van der Waals surface area (Å²) in [6.45, 7) is 9.07. The van der Waals surface area contributed by atoms with Crippen molar-refractivity contribution in [2.45, 2.75) is 53.4 Å². The summed E-state index contributed by atoms with van der Waals surface area (Å²) >= 11 is 2.52. The highest BCUT2D eigenvalue weighted by Crippen LogP contribution is 2.34. The Hall–Kier alpha value is -0.570. The van der Waals surface area contributed by atoms with Crippen molar-refractivity contribution < 1.29 is 0 Å². The van der Waals surface area contributed by atoms with Crippen LogP contribution in [0.3, 0.4) is 0 Å². The molecule has 104 valence electrons. The summed E-state index contributed by atoms with van der Waals surface area (Å²) in [7, 11) is 0. The average molecular weight is 368 g/mol. The van der Waals surface area contributed by atoms with Gasteiger partial charge in [0.25, 0.3) is 0 Å². The lowest BCUT2D eigenvalue weighted by molar-refractivity contribution is 0.990. The summed E-state index contributed by atoms with van der Waals surface area (Å²) in [5, 5.41) is 0. The minimum atomic E-state index is 1.10. The number of hydrogen-bond donors (Lipinski definition) is 0. The normalized spacial score (nSPS) is 13.9. The number of halogens is 1. The molecule has 0 nitrogen and oxygen atoms in total. The van der Waals surface area contributed by atoms with Crippen LogP contribution in [0.15, 0.2) is 45.1 Å². The van der Waals surface area contributed by atoms with Crippen molar-refractivity contribution in [1.82, 2.24) is 0 Å². The molecule has 1 heteroatoms. The standard InChI is InChI=1S/C18H25I/c1-5-15(14-12-10-9-11-13-14)16(6-2)17(7-3)18(19)8-4/h9-13H,5-8H2,1-4H3/b16-15-,18-17-. The lowest BCUT2D eigenvalue weighted by Gasteiger charge is -2.18. The Balaban J connectivity index is 3.41. The Morgan fingerprint density at radius 3 is 1.79 bits per heavy atom. The Bertz CT molecular complexity index is 452.